The number of nitrogens with zero attached hydrogens (tertiary/aromatic N) is 1. The average molecular weight is 235 g/mol. The monoisotopic (exact) mass is 235 g/mol. The van der Waals surface area contributed by atoms with Crippen LogP contribution in [0.2, 0.25) is 0 Å². The van der Waals surface area contributed by atoms with Gasteiger partial charge in [-0.1, -0.05) is 72.4 Å². The Kier molecular flexibility index (Phi) is 29.7. The lowest BCUT2D eigenvalue weighted by atomic mass is 10.1. The van der Waals surface area contributed by atoms with Gasteiger partial charge in [-0.05, 0) is 11.6 Å². The van der Waals surface area contributed by atoms with E-state index in [4.69, 9.17) is 0 Å². The molecule has 0 fully saturated rings. The van der Waals surface area contributed by atoms with Crippen molar-refractivity contribution in [3.63, 3.8) is 0 Å². The van der Waals surface area contributed by atoms with Gasteiger partial charge in [-0.2, -0.15) is 0 Å². The molecule has 1 nitrogen and oxygen atoms in total. The molecule has 0 radical (unpaired) electrons. The van der Waals surface area contributed by atoms with Gasteiger partial charge in [0, 0.05) is 18.8 Å². The fraction of sp³-hybridized carbons (Fsp3) is 0.438. The molecule has 0 spiro atoms. The predicted octanol–water partition coefficient (Wildman–Crippen LogP) is 5.72. The summed E-state index contributed by atoms with van der Waals surface area (Å²) in [7, 11) is 0. The highest BCUT2D eigenvalue weighted by atomic mass is 14.7. The van der Waals surface area contributed by atoms with Gasteiger partial charge in [0.15, 0.2) is 0 Å². The van der Waals surface area contributed by atoms with Gasteiger partial charge in [0.1, 0.15) is 0 Å². The average Bonchev–Trinajstić information content (AvgIpc) is 2.47. The minimum absolute atomic E-state index is 0.929. The van der Waals surface area contributed by atoms with E-state index >= 15 is 0 Å². The van der Waals surface area contributed by atoms with E-state index in [1.807, 2.05) is 66.0 Å². The topological polar surface area (TPSA) is 12.4 Å². The van der Waals surface area contributed by atoms with Crippen LogP contribution in [0.25, 0.3) is 0 Å². The third kappa shape index (κ3) is 17.3. The Morgan fingerprint density at radius 3 is 2.06 bits per heavy atom. The van der Waals surface area contributed by atoms with Crippen molar-refractivity contribution < 1.29 is 0 Å². The molecule has 0 N–H and O–H groups in total. The molecule has 0 saturated carbocycles. The zero-order chi connectivity index (χ0) is 13.9. The summed E-state index contributed by atoms with van der Waals surface area (Å²) in [5, 5.41) is 0. The van der Waals surface area contributed by atoms with Crippen molar-refractivity contribution in [3.05, 3.63) is 48.7 Å². The van der Waals surface area contributed by atoms with E-state index in [1.54, 1.807) is 12.3 Å². The largest absolute Gasteiger partial charge is 0.269 e. The molecule has 98 valence electrons. The maximum atomic E-state index is 3.96. The van der Waals surface area contributed by atoms with E-state index in [-0.39, 0.29) is 0 Å². The SMILES string of the molecule is C=C/C=C\C=C1C=CN=CC1.CC.CC.CC. The first kappa shape index (κ1) is 21.0. The second-order valence-electron chi connectivity index (χ2n) is 2.21. The summed E-state index contributed by atoms with van der Waals surface area (Å²) in [6.45, 7) is 15.6. The number of aliphatic imine (C=N–C) groups is 1. The van der Waals surface area contributed by atoms with Crippen LogP contribution in [0.15, 0.2) is 53.7 Å². The van der Waals surface area contributed by atoms with Crippen molar-refractivity contribution in [2.75, 3.05) is 0 Å². The molecule has 17 heavy (non-hydrogen) atoms. The predicted molar refractivity (Wildman–Crippen MR) is 83.7 cm³/mol. The molecular weight excluding hydrogens is 206 g/mol. The van der Waals surface area contributed by atoms with E-state index in [0.717, 1.165) is 6.42 Å². The highest BCUT2D eigenvalue weighted by Crippen LogP contribution is 2.05. The molecule has 0 aromatic rings. The Balaban J connectivity index is -0.000000285. The highest BCUT2D eigenvalue weighted by Gasteiger charge is 1.90. The lowest BCUT2D eigenvalue weighted by molar-refractivity contribution is 1.31. The standard InChI is InChI=1S/C10H11N.3C2H6/c1-2-3-4-5-10-6-8-11-9-7-10;3*1-2/h2-6,8-9H,1,7H2;3*1-2H3/b4-3-,10-5?;;;. The van der Waals surface area contributed by atoms with Crippen molar-refractivity contribution in [1.82, 2.24) is 0 Å². The van der Waals surface area contributed by atoms with Gasteiger partial charge in [-0.15, -0.1) is 0 Å². The summed E-state index contributed by atoms with van der Waals surface area (Å²) < 4.78 is 0. The van der Waals surface area contributed by atoms with Gasteiger partial charge in [0.05, 0.1) is 0 Å². The fourth-order valence-corrected chi connectivity index (χ4v) is 0.807. The van der Waals surface area contributed by atoms with Crippen molar-refractivity contribution in [2.24, 2.45) is 4.99 Å². The second kappa shape index (κ2) is 24.1. The van der Waals surface area contributed by atoms with Gasteiger partial charge in [-0.3, -0.25) is 4.99 Å². The first-order chi connectivity index (χ1) is 8.43. The zero-order valence-electron chi connectivity index (χ0n) is 12.4. The first-order valence-electron chi connectivity index (χ1n) is 6.60. The number of hydrogen-bond donors (Lipinski definition) is 0. The minimum atomic E-state index is 0.929. The van der Waals surface area contributed by atoms with Crippen LogP contribution in [0.5, 0.6) is 0 Å². The van der Waals surface area contributed by atoms with Gasteiger partial charge < -0.3 is 0 Å². The molecule has 1 rings (SSSR count). The first-order valence-corrected chi connectivity index (χ1v) is 6.60. The van der Waals surface area contributed by atoms with Crippen LogP contribution in [-0.4, -0.2) is 6.21 Å². The number of rotatable bonds is 2. The molecule has 0 unspecified atom stereocenters. The number of allylic oxidation sites excluding steroid dienone is 6. The van der Waals surface area contributed by atoms with Crippen LogP contribution in [-0.2, 0) is 0 Å². The third-order valence-corrected chi connectivity index (χ3v) is 1.36. The quantitative estimate of drug-likeness (QED) is 0.543. The molecule has 0 saturated heterocycles. The Bertz CT molecular complexity index is 242. The molecule has 0 aromatic carbocycles. The summed E-state index contributed by atoms with van der Waals surface area (Å²) in [6.07, 6.45) is 14.3. The molecule has 0 aliphatic carbocycles. The summed E-state index contributed by atoms with van der Waals surface area (Å²) in [6, 6.07) is 0. The summed E-state index contributed by atoms with van der Waals surface area (Å²) >= 11 is 0. The maximum absolute atomic E-state index is 3.96. The van der Waals surface area contributed by atoms with Gasteiger partial charge in [0.2, 0.25) is 0 Å². The normalized spacial score (nSPS) is 13.9. The van der Waals surface area contributed by atoms with E-state index in [2.05, 4.69) is 17.6 Å². The zero-order valence-corrected chi connectivity index (χ0v) is 12.4. The van der Waals surface area contributed by atoms with Crippen LogP contribution in [0, 0.1) is 0 Å². The van der Waals surface area contributed by atoms with Crippen LogP contribution < -0.4 is 0 Å². The van der Waals surface area contributed by atoms with E-state index in [0.29, 0.717) is 0 Å². The number of hydrogen-bond acceptors (Lipinski definition) is 1. The lowest BCUT2D eigenvalue weighted by Crippen LogP contribution is -1.83. The van der Waals surface area contributed by atoms with E-state index in [9.17, 15) is 0 Å². The van der Waals surface area contributed by atoms with Crippen LogP contribution in [0.4, 0.5) is 0 Å². The summed E-state index contributed by atoms with van der Waals surface area (Å²) in [5.74, 6) is 0. The van der Waals surface area contributed by atoms with Crippen LogP contribution >= 0.6 is 0 Å². The Morgan fingerprint density at radius 1 is 1.06 bits per heavy atom. The molecule has 1 heteroatoms. The molecule has 1 heterocycles. The smallest absolute Gasteiger partial charge is 0.0266 e. The Labute approximate surface area is 108 Å². The van der Waals surface area contributed by atoms with Crippen molar-refractivity contribution in [1.29, 1.82) is 0 Å². The highest BCUT2D eigenvalue weighted by molar-refractivity contribution is 5.65. The van der Waals surface area contributed by atoms with E-state index < -0.39 is 0 Å². The second-order valence-corrected chi connectivity index (χ2v) is 2.21. The Morgan fingerprint density at radius 2 is 1.65 bits per heavy atom. The van der Waals surface area contributed by atoms with Gasteiger partial charge >= 0.3 is 0 Å². The minimum Gasteiger partial charge on any atom is -0.269 e. The van der Waals surface area contributed by atoms with Crippen LogP contribution in [0.1, 0.15) is 48.0 Å². The van der Waals surface area contributed by atoms with Gasteiger partial charge in [0.25, 0.3) is 0 Å². The Hall–Kier alpha value is -1.37. The molecule has 1 aliphatic rings. The molecule has 0 amide bonds. The van der Waals surface area contributed by atoms with Crippen molar-refractivity contribution in [2.45, 2.75) is 48.0 Å². The third-order valence-electron chi connectivity index (χ3n) is 1.36. The lowest BCUT2D eigenvalue weighted by Gasteiger charge is -1.97. The summed E-state index contributed by atoms with van der Waals surface area (Å²) in [5.41, 5.74) is 1.28. The van der Waals surface area contributed by atoms with E-state index in [1.165, 1.54) is 5.57 Å². The van der Waals surface area contributed by atoms with Gasteiger partial charge in [-0.25, -0.2) is 0 Å². The van der Waals surface area contributed by atoms with Crippen molar-refractivity contribution in [3.8, 4) is 0 Å². The molecule has 0 aromatic heterocycles. The van der Waals surface area contributed by atoms with Crippen LogP contribution in [0.3, 0.4) is 0 Å². The molecule has 1 aliphatic heterocycles. The molecular formula is C16H29N. The maximum Gasteiger partial charge on any atom is 0.0266 e. The molecule has 0 atom stereocenters. The summed E-state index contributed by atoms with van der Waals surface area (Å²) in [4.78, 5) is 3.96. The molecule has 0 bridgehead atoms. The van der Waals surface area contributed by atoms with Crippen molar-refractivity contribution >= 4 is 6.21 Å². The fourth-order valence-electron chi connectivity index (χ4n) is 0.807.